The molecule has 0 radical (unpaired) electrons. The van der Waals surface area contributed by atoms with Crippen LogP contribution >= 0.6 is 0 Å². The molecule has 3 aromatic rings. The molecule has 0 saturated carbocycles. The number of primary amides is 1. The molecule has 6 heteroatoms. The molecule has 2 heterocycles. The summed E-state index contributed by atoms with van der Waals surface area (Å²) >= 11 is 0. The molecule has 6 nitrogen and oxygen atoms in total. The van der Waals surface area contributed by atoms with Crippen LogP contribution in [0.4, 0.5) is 0 Å². The van der Waals surface area contributed by atoms with Gasteiger partial charge in [-0.2, -0.15) is 0 Å². The largest absolute Gasteiger partial charge is 0.463 e. The third kappa shape index (κ3) is 3.38. The number of hydrogen-bond acceptors (Lipinski definition) is 4. The van der Waals surface area contributed by atoms with E-state index in [2.05, 4.69) is 10.3 Å². The first-order valence-electron chi connectivity index (χ1n) is 7.90. The van der Waals surface area contributed by atoms with Gasteiger partial charge in [0.05, 0.1) is 22.8 Å². The molecule has 0 bridgehead atoms. The van der Waals surface area contributed by atoms with Crippen molar-refractivity contribution in [3.05, 3.63) is 54.3 Å². The van der Waals surface area contributed by atoms with Crippen molar-refractivity contribution in [1.82, 2.24) is 10.3 Å². The average Bonchev–Trinajstić information content (AvgIpc) is 3.13. The normalized spacial score (nSPS) is 11.4. The van der Waals surface area contributed by atoms with E-state index in [0.29, 0.717) is 22.5 Å². The summed E-state index contributed by atoms with van der Waals surface area (Å²) < 4.78 is 5.39. The van der Waals surface area contributed by atoms with Crippen LogP contribution in [0.15, 0.2) is 53.1 Å². The number of rotatable bonds is 5. The van der Waals surface area contributed by atoms with Crippen LogP contribution in [0.3, 0.4) is 0 Å². The lowest BCUT2D eigenvalue weighted by atomic mass is 9.92. The fourth-order valence-corrected chi connectivity index (χ4v) is 2.40. The van der Waals surface area contributed by atoms with Gasteiger partial charge in [0, 0.05) is 11.9 Å². The number of carbonyl (C=O) groups excluding carboxylic acids is 2. The minimum atomic E-state index is -0.831. The zero-order valence-electron chi connectivity index (χ0n) is 14.1. The molecule has 2 aromatic heterocycles. The molecule has 25 heavy (non-hydrogen) atoms. The molecule has 0 saturated heterocycles. The van der Waals surface area contributed by atoms with Gasteiger partial charge in [-0.3, -0.25) is 9.59 Å². The van der Waals surface area contributed by atoms with Gasteiger partial charge in [0.1, 0.15) is 5.69 Å². The summed E-state index contributed by atoms with van der Waals surface area (Å²) in [5.41, 5.74) is 6.26. The highest BCUT2D eigenvalue weighted by Gasteiger charge is 2.26. The predicted octanol–water partition coefficient (Wildman–Crippen LogP) is 2.74. The van der Waals surface area contributed by atoms with Gasteiger partial charge in [-0.25, -0.2) is 4.98 Å². The third-order valence-electron chi connectivity index (χ3n) is 4.09. The van der Waals surface area contributed by atoms with Gasteiger partial charge in [0.15, 0.2) is 5.76 Å². The zero-order valence-corrected chi connectivity index (χ0v) is 14.1. The minimum Gasteiger partial charge on any atom is -0.463 e. The van der Waals surface area contributed by atoms with Crippen LogP contribution in [0.1, 0.15) is 24.2 Å². The van der Waals surface area contributed by atoms with Crippen molar-refractivity contribution in [2.75, 3.05) is 6.54 Å². The van der Waals surface area contributed by atoms with Gasteiger partial charge in [0.2, 0.25) is 5.91 Å². The highest BCUT2D eigenvalue weighted by Crippen LogP contribution is 2.25. The van der Waals surface area contributed by atoms with Crippen LogP contribution in [0.2, 0.25) is 0 Å². The van der Waals surface area contributed by atoms with Crippen molar-refractivity contribution in [1.29, 1.82) is 0 Å². The summed E-state index contributed by atoms with van der Waals surface area (Å²) in [6, 6.07) is 12.6. The zero-order chi connectivity index (χ0) is 18.0. The van der Waals surface area contributed by atoms with Crippen LogP contribution in [0.25, 0.3) is 22.4 Å². The van der Waals surface area contributed by atoms with Crippen LogP contribution in [0, 0.1) is 5.41 Å². The summed E-state index contributed by atoms with van der Waals surface area (Å²) in [4.78, 5) is 28.7. The Labute approximate surface area is 145 Å². The number of aromatic nitrogens is 1. The van der Waals surface area contributed by atoms with Gasteiger partial charge in [0.25, 0.3) is 5.91 Å². The van der Waals surface area contributed by atoms with Gasteiger partial charge in [-0.1, -0.05) is 18.2 Å². The Morgan fingerprint density at radius 3 is 2.64 bits per heavy atom. The van der Waals surface area contributed by atoms with E-state index >= 15 is 0 Å². The van der Waals surface area contributed by atoms with Crippen molar-refractivity contribution in [2.45, 2.75) is 13.8 Å². The smallest absolute Gasteiger partial charge is 0.252 e. The van der Waals surface area contributed by atoms with Gasteiger partial charge >= 0.3 is 0 Å². The van der Waals surface area contributed by atoms with Crippen molar-refractivity contribution in [3.63, 3.8) is 0 Å². The van der Waals surface area contributed by atoms with Crippen LogP contribution in [-0.2, 0) is 4.79 Å². The number of nitrogens with two attached hydrogens (primary N) is 1. The minimum absolute atomic E-state index is 0.147. The van der Waals surface area contributed by atoms with E-state index in [1.807, 2.05) is 24.3 Å². The SMILES string of the molecule is CC(C)(CNC(=O)c1cc(-c2ccco2)nc2ccccc12)C(N)=O. The van der Waals surface area contributed by atoms with Crippen molar-refractivity contribution in [2.24, 2.45) is 11.1 Å². The van der Waals surface area contributed by atoms with Crippen LogP contribution < -0.4 is 11.1 Å². The molecule has 0 aliphatic rings. The quantitative estimate of drug-likeness (QED) is 0.748. The van der Waals surface area contributed by atoms with E-state index in [9.17, 15) is 9.59 Å². The Morgan fingerprint density at radius 1 is 1.20 bits per heavy atom. The molecule has 0 atom stereocenters. The monoisotopic (exact) mass is 337 g/mol. The highest BCUT2D eigenvalue weighted by molar-refractivity contribution is 6.07. The van der Waals surface area contributed by atoms with E-state index in [4.69, 9.17) is 10.2 Å². The number of furan rings is 1. The molecule has 3 N–H and O–H groups in total. The number of fused-ring (bicyclic) bond motifs is 1. The first-order chi connectivity index (χ1) is 11.9. The summed E-state index contributed by atoms with van der Waals surface area (Å²) in [7, 11) is 0. The maximum absolute atomic E-state index is 12.7. The average molecular weight is 337 g/mol. The second-order valence-corrected chi connectivity index (χ2v) is 6.48. The number of nitrogens with zero attached hydrogens (tertiary/aromatic N) is 1. The fraction of sp³-hybridized carbons (Fsp3) is 0.211. The Kier molecular flexibility index (Phi) is 4.27. The Morgan fingerprint density at radius 2 is 1.96 bits per heavy atom. The van der Waals surface area contributed by atoms with Gasteiger partial charge < -0.3 is 15.5 Å². The van der Waals surface area contributed by atoms with Gasteiger partial charge in [-0.15, -0.1) is 0 Å². The van der Waals surface area contributed by atoms with Gasteiger partial charge in [-0.05, 0) is 38.1 Å². The van der Waals surface area contributed by atoms with E-state index in [1.165, 1.54) is 0 Å². The lowest BCUT2D eigenvalue weighted by molar-refractivity contribution is -0.125. The van der Waals surface area contributed by atoms with Crippen molar-refractivity contribution >= 4 is 22.7 Å². The predicted molar refractivity (Wildman–Crippen MR) is 94.8 cm³/mol. The Balaban J connectivity index is 1.99. The summed E-state index contributed by atoms with van der Waals surface area (Å²) in [5.74, 6) is -0.179. The molecule has 0 fully saturated rings. The maximum Gasteiger partial charge on any atom is 0.252 e. The molecular weight excluding hydrogens is 318 g/mol. The summed E-state index contributed by atoms with van der Waals surface area (Å²) in [6.07, 6.45) is 1.56. The molecule has 0 spiro atoms. The third-order valence-corrected chi connectivity index (χ3v) is 4.09. The topological polar surface area (TPSA) is 98.2 Å². The molecule has 128 valence electrons. The number of pyridine rings is 1. The van der Waals surface area contributed by atoms with E-state index in [-0.39, 0.29) is 12.5 Å². The van der Waals surface area contributed by atoms with E-state index in [0.717, 1.165) is 5.39 Å². The van der Waals surface area contributed by atoms with Crippen molar-refractivity contribution < 1.29 is 14.0 Å². The molecular formula is C19H19N3O3. The highest BCUT2D eigenvalue weighted by atomic mass is 16.3. The number of amides is 2. The lowest BCUT2D eigenvalue weighted by Gasteiger charge is -2.21. The van der Waals surface area contributed by atoms with Crippen molar-refractivity contribution in [3.8, 4) is 11.5 Å². The first kappa shape index (κ1) is 16.7. The fourth-order valence-electron chi connectivity index (χ4n) is 2.40. The molecule has 1 aromatic carbocycles. The molecule has 0 aliphatic carbocycles. The van der Waals surface area contributed by atoms with E-state index < -0.39 is 11.3 Å². The standard InChI is InChI=1S/C19H19N3O3/c1-19(2,18(20)24)11-21-17(23)13-10-15(16-8-5-9-25-16)22-14-7-4-3-6-12(13)14/h3-10H,11H2,1-2H3,(H2,20,24)(H,21,23). The molecule has 0 unspecified atom stereocenters. The number of carbonyl (C=O) groups is 2. The number of benzene rings is 1. The Hall–Kier alpha value is -3.15. The number of para-hydroxylation sites is 1. The van der Waals surface area contributed by atoms with Crippen LogP contribution in [0.5, 0.6) is 0 Å². The number of nitrogens with one attached hydrogen (secondary N) is 1. The van der Waals surface area contributed by atoms with Crippen LogP contribution in [-0.4, -0.2) is 23.3 Å². The second-order valence-electron chi connectivity index (χ2n) is 6.48. The van der Waals surface area contributed by atoms with E-state index in [1.54, 1.807) is 38.3 Å². The summed E-state index contributed by atoms with van der Waals surface area (Å²) in [6.45, 7) is 3.52. The second kappa shape index (κ2) is 6.39. The molecule has 0 aliphatic heterocycles. The molecule has 3 rings (SSSR count). The summed E-state index contributed by atoms with van der Waals surface area (Å²) in [5, 5.41) is 3.52. The number of hydrogen-bond donors (Lipinski definition) is 2. The lowest BCUT2D eigenvalue weighted by Crippen LogP contribution is -2.42. The maximum atomic E-state index is 12.7. The first-order valence-corrected chi connectivity index (χ1v) is 7.90. The molecule has 2 amide bonds. The Bertz CT molecular complexity index is 930.